The Morgan fingerprint density at radius 2 is 1.38 bits per heavy atom. The van der Waals surface area contributed by atoms with Gasteiger partial charge in [-0.3, -0.25) is 14.2 Å². The minimum atomic E-state index is -0.949. The summed E-state index contributed by atoms with van der Waals surface area (Å²) in [4.78, 5) is 28.0. The average molecular weight is 529 g/mol. The van der Waals surface area contributed by atoms with Gasteiger partial charge in [-0.2, -0.15) is 0 Å². The largest absolute Gasteiger partial charge is 0.493 e. The number of pyridine rings is 1. The predicted molar refractivity (Wildman–Crippen MR) is 155 cm³/mol. The van der Waals surface area contributed by atoms with E-state index in [0.717, 1.165) is 16.7 Å². The van der Waals surface area contributed by atoms with Gasteiger partial charge < -0.3 is 19.5 Å². The number of benzene rings is 3. The quantitative estimate of drug-likeness (QED) is 0.327. The van der Waals surface area contributed by atoms with E-state index in [-0.39, 0.29) is 11.5 Å². The molecule has 1 unspecified atom stereocenters. The summed E-state index contributed by atoms with van der Waals surface area (Å²) in [5, 5.41) is 3.71. The average Bonchev–Trinajstić information content (AvgIpc) is 2.89. The van der Waals surface area contributed by atoms with Crippen LogP contribution in [-0.4, -0.2) is 37.3 Å². The minimum absolute atomic E-state index is 0.299. The van der Waals surface area contributed by atoms with Crippen molar-refractivity contribution in [1.82, 2.24) is 9.88 Å². The lowest BCUT2D eigenvalue weighted by Gasteiger charge is -2.28. The van der Waals surface area contributed by atoms with Crippen LogP contribution in [0.5, 0.6) is 17.2 Å². The molecule has 0 aliphatic carbocycles. The van der Waals surface area contributed by atoms with Crippen LogP contribution in [-0.2, 0) is 4.79 Å². The normalized spacial score (nSPS) is 12.2. The maximum Gasteiger partial charge on any atom is 0.252 e. The van der Waals surface area contributed by atoms with Gasteiger partial charge in [0.05, 0.1) is 32.2 Å². The molecule has 7 nitrogen and oxygen atoms in total. The maximum atomic E-state index is 14.1. The van der Waals surface area contributed by atoms with Crippen LogP contribution in [0.15, 0.2) is 65.5 Å². The van der Waals surface area contributed by atoms with Crippen LogP contribution in [0.25, 0.3) is 22.0 Å². The fraction of sp³-hybridized carbons (Fsp3) is 0.312. The summed E-state index contributed by atoms with van der Waals surface area (Å²) < 4.78 is 18.8. The molecule has 0 saturated heterocycles. The molecule has 7 heteroatoms. The molecule has 0 bridgehead atoms. The van der Waals surface area contributed by atoms with Gasteiger partial charge in [0.1, 0.15) is 6.04 Å². The van der Waals surface area contributed by atoms with Crippen molar-refractivity contribution in [2.45, 2.75) is 46.2 Å². The molecule has 1 aromatic heterocycles. The summed E-state index contributed by atoms with van der Waals surface area (Å²) >= 11 is 0. The van der Waals surface area contributed by atoms with Crippen molar-refractivity contribution >= 4 is 16.8 Å². The van der Waals surface area contributed by atoms with Gasteiger partial charge in [-0.25, -0.2) is 0 Å². The molecule has 0 aliphatic heterocycles. The molecule has 1 atom stereocenters. The molecular weight excluding hydrogens is 492 g/mol. The summed E-state index contributed by atoms with van der Waals surface area (Å²) in [7, 11) is 4.62. The highest BCUT2D eigenvalue weighted by atomic mass is 16.5. The van der Waals surface area contributed by atoms with E-state index in [2.05, 4.69) is 5.32 Å². The first-order valence-electron chi connectivity index (χ1n) is 12.8. The van der Waals surface area contributed by atoms with Gasteiger partial charge in [0.25, 0.3) is 5.56 Å². The van der Waals surface area contributed by atoms with Gasteiger partial charge in [0, 0.05) is 23.2 Å². The Morgan fingerprint density at radius 1 is 0.821 bits per heavy atom. The number of ether oxygens (including phenoxy) is 3. The third kappa shape index (κ3) is 5.48. The molecule has 0 radical (unpaired) electrons. The van der Waals surface area contributed by atoms with Crippen molar-refractivity contribution in [3.63, 3.8) is 0 Å². The number of carbonyl (C=O) groups is 1. The second-order valence-electron chi connectivity index (χ2n) is 10.7. The number of nitrogens with zero attached hydrogens (tertiary/aromatic N) is 1. The molecule has 0 spiro atoms. The first-order chi connectivity index (χ1) is 18.5. The van der Waals surface area contributed by atoms with Crippen molar-refractivity contribution in [1.29, 1.82) is 0 Å². The van der Waals surface area contributed by atoms with Crippen molar-refractivity contribution in [2.75, 3.05) is 21.3 Å². The zero-order valence-corrected chi connectivity index (χ0v) is 23.8. The van der Waals surface area contributed by atoms with Gasteiger partial charge in [0.15, 0.2) is 11.5 Å². The summed E-state index contributed by atoms with van der Waals surface area (Å²) in [6.07, 6.45) is 0. The molecule has 0 aliphatic rings. The first kappa shape index (κ1) is 27.8. The molecule has 0 fully saturated rings. The van der Waals surface area contributed by atoms with Crippen LogP contribution in [0.1, 0.15) is 43.5 Å². The maximum absolute atomic E-state index is 14.1. The van der Waals surface area contributed by atoms with Crippen LogP contribution < -0.4 is 25.1 Å². The van der Waals surface area contributed by atoms with E-state index in [4.69, 9.17) is 14.2 Å². The third-order valence-corrected chi connectivity index (χ3v) is 6.60. The smallest absolute Gasteiger partial charge is 0.252 e. The van der Waals surface area contributed by atoms with Gasteiger partial charge >= 0.3 is 0 Å². The van der Waals surface area contributed by atoms with Crippen LogP contribution in [0.4, 0.5) is 0 Å². The summed E-state index contributed by atoms with van der Waals surface area (Å²) in [5.41, 5.74) is 3.98. The summed E-state index contributed by atoms with van der Waals surface area (Å²) in [5.74, 6) is 0.897. The lowest BCUT2D eigenvalue weighted by Crippen LogP contribution is -2.46. The fourth-order valence-corrected chi connectivity index (χ4v) is 4.81. The van der Waals surface area contributed by atoms with E-state index < -0.39 is 11.6 Å². The Kier molecular flexibility index (Phi) is 7.72. The van der Waals surface area contributed by atoms with Gasteiger partial charge in [0.2, 0.25) is 11.7 Å². The van der Waals surface area contributed by atoms with Gasteiger partial charge in [-0.15, -0.1) is 0 Å². The number of carbonyl (C=O) groups excluding carboxylic acids is 1. The van der Waals surface area contributed by atoms with E-state index in [0.29, 0.717) is 39.3 Å². The summed E-state index contributed by atoms with van der Waals surface area (Å²) in [6, 6.07) is 17.9. The van der Waals surface area contributed by atoms with Gasteiger partial charge in [-0.1, -0.05) is 59.7 Å². The van der Waals surface area contributed by atoms with Crippen molar-refractivity contribution in [2.24, 2.45) is 0 Å². The molecule has 1 heterocycles. The Bertz CT molecular complexity index is 1560. The Hall–Kier alpha value is -4.26. The number of rotatable bonds is 7. The number of hydrogen-bond acceptors (Lipinski definition) is 5. The number of aryl methyl sites for hydroxylation is 2. The molecule has 1 N–H and O–H groups in total. The SMILES string of the molecule is COc1cc2c(c(-c3ccc(C)cc3)cc(=O)n2C(C(=O)NC(C)(C)C)c2ccc(C)cc2)c(OC)c1OC. The van der Waals surface area contributed by atoms with Crippen molar-refractivity contribution in [3.8, 4) is 28.4 Å². The standard InChI is InChI=1S/C32H36N2O5/c1-19-9-13-21(14-10-19)23-17-26(35)34(24-18-25(37-6)29(38-7)30(39-8)27(23)24)28(31(36)33-32(3,4)5)22-15-11-20(2)12-16-22/h9-18,28H,1-8H3,(H,33,36). The number of methoxy groups -OCH3 is 3. The lowest BCUT2D eigenvalue weighted by atomic mass is 9.96. The van der Waals surface area contributed by atoms with Crippen molar-refractivity contribution in [3.05, 3.63) is 87.7 Å². The zero-order valence-electron chi connectivity index (χ0n) is 23.8. The number of fused-ring (bicyclic) bond motifs is 1. The molecular formula is C32H36N2O5. The number of amides is 1. The molecule has 1 amide bonds. The van der Waals surface area contributed by atoms with E-state index in [9.17, 15) is 9.59 Å². The predicted octanol–water partition coefficient (Wildman–Crippen LogP) is 5.82. The molecule has 4 rings (SSSR count). The second kappa shape index (κ2) is 10.8. The Balaban J connectivity index is 2.17. The van der Waals surface area contributed by atoms with Crippen LogP contribution in [0, 0.1) is 13.8 Å². The summed E-state index contributed by atoms with van der Waals surface area (Å²) in [6.45, 7) is 9.72. The highest BCUT2D eigenvalue weighted by Crippen LogP contribution is 2.47. The first-order valence-corrected chi connectivity index (χ1v) is 12.8. The second-order valence-corrected chi connectivity index (χ2v) is 10.7. The lowest BCUT2D eigenvalue weighted by molar-refractivity contribution is -0.124. The van der Waals surface area contributed by atoms with E-state index in [1.54, 1.807) is 26.4 Å². The Labute approximate surface area is 229 Å². The van der Waals surface area contributed by atoms with Crippen LogP contribution in [0.2, 0.25) is 0 Å². The molecule has 4 aromatic rings. The highest BCUT2D eigenvalue weighted by Gasteiger charge is 2.31. The number of nitrogens with one attached hydrogen (secondary N) is 1. The fourth-order valence-electron chi connectivity index (χ4n) is 4.81. The molecule has 204 valence electrons. The monoisotopic (exact) mass is 528 g/mol. The third-order valence-electron chi connectivity index (χ3n) is 6.60. The van der Waals surface area contributed by atoms with Crippen molar-refractivity contribution < 1.29 is 19.0 Å². The van der Waals surface area contributed by atoms with Crippen LogP contribution in [0.3, 0.4) is 0 Å². The van der Waals surface area contributed by atoms with E-state index in [1.807, 2.05) is 83.1 Å². The zero-order chi connectivity index (χ0) is 28.5. The topological polar surface area (TPSA) is 78.8 Å². The molecule has 3 aromatic carbocycles. The Morgan fingerprint density at radius 3 is 1.90 bits per heavy atom. The van der Waals surface area contributed by atoms with E-state index >= 15 is 0 Å². The highest BCUT2D eigenvalue weighted by molar-refractivity contribution is 6.03. The van der Waals surface area contributed by atoms with Gasteiger partial charge in [-0.05, 0) is 45.7 Å². The number of aromatic nitrogens is 1. The molecule has 39 heavy (non-hydrogen) atoms. The molecule has 0 saturated carbocycles. The van der Waals surface area contributed by atoms with E-state index in [1.165, 1.54) is 11.7 Å². The number of hydrogen-bond donors (Lipinski definition) is 1. The minimum Gasteiger partial charge on any atom is -0.493 e. The van der Waals surface area contributed by atoms with Crippen LogP contribution >= 0.6 is 0 Å².